The van der Waals surface area contributed by atoms with Crippen LogP contribution < -0.4 is 4.74 Å². The summed E-state index contributed by atoms with van der Waals surface area (Å²) >= 11 is 0. The predicted molar refractivity (Wildman–Crippen MR) is 97.0 cm³/mol. The van der Waals surface area contributed by atoms with Gasteiger partial charge in [0.1, 0.15) is 11.5 Å². The lowest BCUT2D eigenvalue weighted by molar-refractivity contribution is 0.0663. The average Bonchev–Trinajstić information content (AvgIpc) is 3.13. The molecule has 4 nitrogen and oxygen atoms in total. The summed E-state index contributed by atoms with van der Waals surface area (Å²) in [4.78, 5) is 10.9. The fourth-order valence-electron chi connectivity index (χ4n) is 3.65. The Labute approximate surface area is 148 Å². The summed E-state index contributed by atoms with van der Waals surface area (Å²) in [6.45, 7) is 3.05. The van der Waals surface area contributed by atoms with Crippen molar-refractivity contribution in [1.29, 1.82) is 0 Å². The highest BCUT2D eigenvalue weighted by Gasteiger charge is 2.19. The van der Waals surface area contributed by atoms with E-state index >= 15 is 0 Å². The molecular formula is C21H26O4. The maximum absolute atomic E-state index is 10.9. The smallest absolute Gasteiger partial charge is 0.371 e. The number of furan rings is 1. The summed E-state index contributed by atoms with van der Waals surface area (Å²) in [5.74, 6) is 1.77. The van der Waals surface area contributed by atoms with E-state index in [0.717, 1.165) is 23.7 Å². The number of carboxylic acids is 1. The van der Waals surface area contributed by atoms with Crippen molar-refractivity contribution in [2.75, 3.05) is 6.61 Å². The van der Waals surface area contributed by atoms with E-state index in [4.69, 9.17) is 14.3 Å². The lowest BCUT2D eigenvalue weighted by atomic mass is 9.80. The maximum atomic E-state index is 10.9. The fourth-order valence-corrected chi connectivity index (χ4v) is 3.65. The monoisotopic (exact) mass is 342 g/mol. The summed E-state index contributed by atoms with van der Waals surface area (Å²) in [7, 11) is 0. The Morgan fingerprint density at radius 1 is 1.24 bits per heavy atom. The van der Waals surface area contributed by atoms with Crippen LogP contribution in [-0.2, 0) is 0 Å². The Hall–Kier alpha value is -2.23. The van der Waals surface area contributed by atoms with Crippen molar-refractivity contribution >= 4 is 5.97 Å². The van der Waals surface area contributed by atoms with E-state index in [9.17, 15) is 4.79 Å². The molecule has 1 unspecified atom stereocenters. The first kappa shape index (κ1) is 17.6. The summed E-state index contributed by atoms with van der Waals surface area (Å²) < 4.78 is 11.3. The number of hydrogen-bond acceptors (Lipinski definition) is 3. The minimum absolute atomic E-state index is 0.0531. The molecule has 1 aliphatic carbocycles. The van der Waals surface area contributed by atoms with Gasteiger partial charge in [0.25, 0.3) is 0 Å². The van der Waals surface area contributed by atoms with E-state index in [2.05, 4.69) is 6.92 Å². The number of aromatic carboxylic acids is 1. The lowest BCUT2D eigenvalue weighted by Gasteiger charge is -2.27. The van der Waals surface area contributed by atoms with Crippen LogP contribution >= 0.6 is 0 Å². The zero-order valence-electron chi connectivity index (χ0n) is 14.7. The maximum Gasteiger partial charge on any atom is 0.371 e. The van der Waals surface area contributed by atoms with Crippen molar-refractivity contribution in [3.05, 3.63) is 42.2 Å². The van der Waals surface area contributed by atoms with E-state index in [-0.39, 0.29) is 5.76 Å². The predicted octanol–water partition coefficient (Wildman–Crippen LogP) is 5.63. The summed E-state index contributed by atoms with van der Waals surface area (Å²) in [5.41, 5.74) is 0.824. The van der Waals surface area contributed by atoms with E-state index in [1.165, 1.54) is 38.2 Å². The Kier molecular flexibility index (Phi) is 5.79. The molecule has 0 saturated heterocycles. The van der Waals surface area contributed by atoms with Crippen LogP contribution in [0.1, 0.15) is 56.0 Å². The van der Waals surface area contributed by atoms with Gasteiger partial charge in [0.2, 0.25) is 5.76 Å². The molecule has 4 heteroatoms. The topological polar surface area (TPSA) is 59.7 Å². The highest BCUT2D eigenvalue weighted by molar-refractivity contribution is 5.85. The van der Waals surface area contributed by atoms with Gasteiger partial charge < -0.3 is 14.3 Å². The number of carbonyl (C=O) groups is 1. The Bertz CT molecular complexity index is 697. The van der Waals surface area contributed by atoms with Crippen molar-refractivity contribution in [1.82, 2.24) is 0 Å². The molecule has 1 fully saturated rings. The minimum atomic E-state index is -1.06. The van der Waals surface area contributed by atoms with E-state index < -0.39 is 5.97 Å². The second kappa shape index (κ2) is 8.24. The molecule has 0 spiro atoms. The molecule has 134 valence electrons. The molecule has 0 aliphatic heterocycles. The van der Waals surface area contributed by atoms with Gasteiger partial charge in [0.05, 0.1) is 6.61 Å². The fraction of sp³-hybridized carbons (Fsp3) is 0.476. The number of hydrogen-bond donors (Lipinski definition) is 1. The van der Waals surface area contributed by atoms with Crippen molar-refractivity contribution in [3.8, 4) is 17.1 Å². The van der Waals surface area contributed by atoms with Gasteiger partial charge in [-0.3, -0.25) is 0 Å². The lowest BCUT2D eigenvalue weighted by Crippen LogP contribution is -2.17. The van der Waals surface area contributed by atoms with Gasteiger partial charge in [-0.1, -0.05) is 51.2 Å². The number of ether oxygens (including phenoxy) is 1. The molecule has 1 aromatic heterocycles. The van der Waals surface area contributed by atoms with Crippen LogP contribution in [0.25, 0.3) is 11.3 Å². The largest absolute Gasteiger partial charge is 0.494 e. The average molecular weight is 342 g/mol. The second-order valence-electron chi connectivity index (χ2n) is 7.01. The number of benzene rings is 1. The Morgan fingerprint density at radius 3 is 2.76 bits per heavy atom. The van der Waals surface area contributed by atoms with Crippen molar-refractivity contribution in [2.45, 2.75) is 45.4 Å². The molecule has 0 amide bonds. The third kappa shape index (κ3) is 4.65. The van der Waals surface area contributed by atoms with Crippen LogP contribution in [0.3, 0.4) is 0 Å². The zero-order valence-corrected chi connectivity index (χ0v) is 14.7. The highest BCUT2D eigenvalue weighted by atomic mass is 16.5. The molecule has 1 aliphatic rings. The van der Waals surface area contributed by atoms with Gasteiger partial charge in [0.15, 0.2) is 0 Å². The first-order valence-electron chi connectivity index (χ1n) is 9.20. The minimum Gasteiger partial charge on any atom is -0.494 e. The molecule has 1 N–H and O–H groups in total. The molecule has 0 radical (unpaired) electrons. The third-order valence-corrected chi connectivity index (χ3v) is 5.23. The van der Waals surface area contributed by atoms with Crippen LogP contribution in [0.2, 0.25) is 0 Å². The molecule has 0 bridgehead atoms. The zero-order chi connectivity index (χ0) is 17.6. The van der Waals surface area contributed by atoms with Gasteiger partial charge in [-0.05, 0) is 42.5 Å². The standard InChI is InChI=1S/C21H26O4/c1-15(16-6-3-2-4-7-16)12-13-24-18-9-5-8-17(14-18)19-10-11-20(25-19)21(22)23/h5,8-11,14-16H,2-4,6-7,12-13H2,1H3,(H,22,23). The molecular weight excluding hydrogens is 316 g/mol. The Balaban J connectivity index is 1.55. The van der Waals surface area contributed by atoms with E-state index in [1.54, 1.807) is 6.07 Å². The van der Waals surface area contributed by atoms with Gasteiger partial charge in [0, 0.05) is 5.56 Å². The third-order valence-electron chi connectivity index (χ3n) is 5.23. The summed E-state index contributed by atoms with van der Waals surface area (Å²) in [5, 5.41) is 8.96. The summed E-state index contributed by atoms with van der Waals surface area (Å²) in [6, 6.07) is 10.8. The molecule has 25 heavy (non-hydrogen) atoms. The normalized spacial score (nSPS) is 16.5. The SMILES string of the molecule is CC(CCOc1cccc(-c2ccc(C(=O)O)o2)c1)C1CCCCC1. The van der Waals surface area contributed by atoms with Crippen molar-refractivity contribution in [3.63, 3.8) is 0 Å². The van der Waals surface area contributed by atoms with E-state index in [0.29, 0.717) is 18.3 Å². The van der Waals surface area contributed by atoms with Crippen molar-refractivity contribution in [2.24, 2.45) is 11.8 Å². The van der Waals surface area contributed by atoms with Crippen LogP contribution in [-0.4, -0.2) is 17.7 Å². The molecule has 1 saturated carbocycles. The van der Waals surface area contributed by atoms with Gasteiger partial charge >= 0.3 is 5.97 Å². The van der Waals surface area contributed by atoms with E-state index in [1.807, 2.05) is 24.3 Å². The number of rotatable bonds is 7. The first-order valence-corrected chi connectivity index (χ1v) is 9.20. The van der Waals surface area contributed by atoms with Gasteiger partial charge in [-0.15, -0.1) is 0 Å². The molecule has 1 aromatic carbocycles. The Morgan fingerprint density at radius 2 is 2.04 bits per heavy atom. The van der Waals surface area contributed by atoms with Crippen LogP contribution in [0, 0.1) is 11.8 Å². The number of carboxylic acid groups (broad SMARTS) is 1. The van der Waals surface area contributed by atoms with Crippen LogP contribution in [0.4, 0.5) is 0 Å². The first-order chi connectivity index (χ1) is 12.1. The molecule has 3 rings (SSSR count). The molecule has 1 heterocycles. The molecule has 1 atom stereocenters. The van der Waals surface area contributed by atoms with Crippen LogP contribution in [0.15, 0.2) is 40.8 Å². The van der Waals surface area contributed by atoms with Crippen molar-refractivity contribution < 1.29 is 19.1 Å². The van der Waals surface area contributed by atoms with Gasteiger partial charge in [-0.2, -0.15) is 0 Å². The summed E-state index contributed by atoms with van der Waals surface area (Å²) in [6.07, 6.45) is 7.93. The quantitative estimate of drug-likeness (QED) is 0.708. The van der Waals surface area contributed by atoms with Crippen LogP contribution in [0.5, 0.6) is 5.75 Å². The molecule has 2 aromatic rings. The highest BCUT2D eigenvalue weighted by Crippen LogP contribution is 2.32. The second-order valence-corrected chi connectivity index (χ2v) is 7.01. The van der Waals surface area contributed by atoms with Gasteiger partial charge in [-0.25, -0.2) is 4.79 Å².